The molecule has 4 heteroatoms. The Kier molecular flexibility index (Phi) is 4.71. The summed E-state index contributed by atoms with van der Waals surface area (Å²) in [6.45, 7) is 1.95. The smallest absolute Gasteiger partial charge is 0.248 e. The van der Waals surface area contributed by atoms with Crippen LogP contribution in [0.15, 0.2) is 0 Å². The van der Waals surface area contributed by atoms with E-state index in [1.165, 1.54) is 0 Å². The van der Waals surface area contributed by atoms with Crippen molar-refractivity contribution in [2.45, 2.75) is 57.3 Å². The van der Waals surface area contributed by atoms with E-state index in [1.807, 2.05) is 0 Å². The molecule has 1 aliphatic carbocycles. The zero-order chi connectivity index (χ0) is 13.0. The van der Waals surface area contributed by atoms with Gasteiger partial charge in [0, 0.05) is 25.7 Å². The Labute approximate surface area is 108 Å². The molecule has 1 heterocycles. The van der Waals surface area contributed by atoms with E-state index in [9.17, 15) is 13.6 Å². The molecule has 2 aliphatic rings. The van der Waals surface area contributed by atoms with Crippen LogP contribution in [-0.2, 0) is 4.79 Å². The quantitative estimate of drug-likeness (QED) is 0.840. The van der Waals surface area contributed by atoms with Crippen molar-refractivity contribution in [2.75, 3.05) is 13.1 Å². The van der Waals surface area contributed by atoms with Gasteiger partial charge in [-0.1, -0.05) is 0 Å². The molecule has 0 bridgehead atoms. The van der Waals surface area contributed by atoms with Crippen LogP contribution in [0.1, 0.15) is 51.4 Å². The molecule has 0 aromatic carbocycles. The van der Waals surface area contributed by atoms with Gasteiger partial charge in [0.2, 0.25) is 5.92 Å². The lowest BCUT2D eigenvalue weighted by molar-refractivity contribution is -0.122. The minimum atomic E-state index is -2.53. The first-order valence-corrected chi connectivity index (χ1v) is 7.15. The van der Waals surface area contributed by atoms with Crippen LogP contribution in [-0.4, -0.2) is 24.8 Å². The van der Waals surface area contributed by atoms with Gasteiger partial charge >= 0.3 is 0 Å². The number of hydrogen-bond donors (Lipinski definition) is 1. The fourth-order valence-corrected chi connectivity index (χ4v) is 3.28. The fourth-order valence-electron chi connectivity index (χ4n) is 3.28. The molecule has 2 fully saturated rings. The molecule has 1 saturated heterocycles. The van der Waals surface area contributed by atoms with E-state index in [1.54, 1.807) is 0 Å². The molecule has 0 radical (unpaired) electrons. The van der Waals surface area contributed by atoms with Crippen molar-refractivity contribution in [1.29, 1.82) is 0 Å². The summed E-state index contributed by atoms with van der Waals surface area (Å²) < 4.78 is 26.5. The Balaban J connectivity index is 1.73. The molecule has 1 N–H and O–H groups in total. The topological polar surface area (TPSA) is 29.1 Å². The summed E-state index contributed by atoms with van der Waals surface area (Å²) in [6, 6.07) is 0. The predicted molar refractivity (Wildman–Crippen MR) is 66.7 cm³/mol. The van der Waals surface area contributed by atoms with Crippen LogP contribution in [0.2, 0.25) is 0 Å². The molecule has 0 aromatic heterocycles. The van der Waals surface area contributed by atoms with Crippen LogP contribution in [0, 0.1) is 11.8 Å². The van der Waals surface area contributed by atoms with Crippen LogP contribution in [0.3, 0.4) is 0 Å². The van der Waals surface area contributed by atoms with Gasteiger partial charge in [0.1, 0.15) is 5.78 Å². The SMILES string of the molecule is O=C(CC1CCCNC1)CC1CCCC(F)(F)C1. The van der Waals surface area contributed by atoms with Crippen molar-refractivity contribution in [2.24, 2.45) is 11.8 Å². The molecule has 0 amide bonds. The largest absolute Gasteiger partial charge is 0.316 e. The Morgan fingerprint density at radius 2 is 1.89 bits per heavy atom. The second kappa shape index (κ2) is 6.09. The average Bonchev–Trinajstić information content (AvgIpc) is 2.28. The number of piperidine rings is 1. The second-order valence-electron chi connectivity index (χ2n) is 5.98. The molecular formula is C14H23F2NO. The van der Waals surface area contributed by atoms with Crippen LogP contribution in [0.5, 0.6) is 0 Å². The first-order valence-electron chi connectivity index (χ1n) is 7.15. The summed E-state index contributed by atoms with van der Waals surface area (Å²) in [5.41, 5.74) is 0. The van der Waals surface area contributed by atoms with Crippen molar-refractivity contribution in [3.63, 3.8) is 0 Å². The number of ketones is 1. The molecule has 2 atom stereocenters. The standard InChI is InChI=1S/C14H23F2NO/c15-14(16)5-1-3-11(9-14)7-13(18)8-12-4-2-6-17-10-12/h11-12,17H,1-10H2. The normalized spacial score (nSPS) is 32.1. The number of halogens is 2. The van der Waals surface area contributed by atoms with Gasteiger partial charge in [0.25, 0.3) is 0 Å². The third kappa shape index (κ3) is 4.30. The van der Waals surface area contributed by atoms with Crippen LogP contribution in [0.25, 0.3) is 0 Å². The van der Waals surface area contributed by atoms with Gasteiger partial charge in [-0.25, -0.2) is 8.78 Å². The van der Waals surface area contributed by atoms with E-state index in [0.717, 1.165) is 32.4 Å². The summed E-state index contributed by atoms with van der Waals surface area (Å²) >= 11 is 0. The van der Waals surface area contributed by atoms with E-state index >= 15 is 0 Å². The summed E-state index contributed by atoms with van der Waals surface area (Å²) in [5, 5.41) is 3.28. The van der Waals surface area contributed by atoms with Gasteiger partial charge in [-0.05, 0) is 50.6 Å². The first-order chi connectivity index (χ1) is 8.55. The maximum absolute atomic E-state index is 13.2. The molecule has 1 saturated carbocycles. The average molecular weight is 259 g/mol. The fraction of sp³-hybridized carbons (Fsp3) is 0.929. The minimum absolute atomic E-state index is 0.00420. The summed E-state index contributed by atoms with van der Waals surface area (Å²) in [5.74, 6) is -2.00. The van der Waals surface area contributed by atoms with Crippen molar-refractivity contribution in [1.82, 2.24) is 5.32 Å². The zero-order valence-corrected chi connectivity index (χ0v) is 10.9. The molecule has 0 aromatic rings. The van der Waals surface area contributed by atoms with Crippen molar-refractivity contribution in [3.05, 3.63) is 0 Å². The Morgan fingerprint density at radius 3 is 2.56 bits per heavy atom. The molecule has 2 rings (SSSR count). The highest BCUT2D eigenvalue weighted by Crippen LogP contribution is 2.38. The molecule has 1 aliphatic heterocycles. The van der Waals surface area contributed by atoms with Gasteiger partial charge in [0.15, 0.2) is 0 Å². The predicted octanol–water partition coefficient (Wildman–Crippen LogP) is 3.16. The highest BCUT2D eigenvalue weighted by atomic mass is 19.3. The first kappa shape index (κ1) is 13.9. The molecule has 104 valence electrons. The maximum atomic E-state index is 13.2. The second-order valence-corrected chi connectivity index (χ2v) is 5.98. The monoisotopic (exact) mass is 259 g/mol. The Morgan fingerprint density at radius 1 is 1.17 bits per heavy atom. The Bertz CT molecular complexity index is 288. The van der Waals surface area contributed by atoms with Gasteiger partial charge in [-0.2, -0.15) is 0 Å². The van der Waals surface area contributed by atoms with Crippen molar-refractivity contribution < 1.29 is 13.6 Å². The highest BCUT2D eigenvalue weighted by molar-refractivity contribution is 5.78. The van der Waals surface area contributed by atoms with Gasteiger partial charge in [-0.15, -0.1) is 0 Å². The minimum Gasteiger partial charge on any atom is -0.316 e. The number of carbonyl (C=O) groups is 1. The Hall–Kier alpha value is -0.510. The highest BCUT2D eigenvalue weighted by Gasteiger charge is 2.36. The number of rotatable bonds is 4. The summed E-state index contributed by atoms with van der Waals surface area (Å²) in [4.78, 5) is 11.9. The molecule has 2 nitrogen and oxygen atoms in total. The van der Waals surface area contributed by atoms with Crippen molar-refractivity contribution >= 4 is 5.78 Å². The van der Waals surface area contributed by atoms with Gasteiger partial charge in [-0.3, -0.25) is 4.79 Å². The van der Waals surface area contributed by atoms with Gasteiger partial charge < -0.3 is 5.32 Å². The molecule has 2 unspecified atom stereocenters. The number of nitrogens with one attached hydrogen (secondary N) is 1. The number of Topliss-reactive ketones (excluding diaryl/α,β-unsaturated/α-hetero) is 1. The number of alkyl halides is 2. The third-order valence-electron chi connectivity index (χ3n) is 4.17. The third-order valence-corrected chi connectivity index (χ3v) is 4.17. The van der Waals surface area contributed by atoms with E-state index in [0.29, 0.717) is 25.2 Å². The maximum Gasteiger partial charge on any atom is 0.248 e. The van der Waals surface area contributed by atoms with Crippen molar-refractivity contribution in [3.8, 4) is 0 Å². The number of carbonyl (C=O) groups excluding carboxylic acids is 1. The van der Waals surface area contributed by atoms with E-state index in [2.05, 4.69) is 5.32 Å². The van der Waals surface area contributed by atoms with E-state index < -0.39 is 5.92 Å². The number of hydrogen-bond acceptors (Lipinski definition) is 2. The van der Waals surface area contributed by atoms with Gasteiger partial charge in [0.05, 0.1) is 0 Å². The van der Waals surface area contributed by atoms with Crippen LogP contribution < -0.4 is 5.32 Å². The van der Waals surface area contributed by atoms with Crippen LogP contribution >= 0.6 is 0 Å². The lowest BCUT2D eigenvalue weighted by Gasteiger charge is -2.29. The van der Waals surface area contributed by atoms with Crippen LogP contribution in [0.4, 0.5) is 8.78 Å². The van der Waals surface area contributed by atoms with E-state index in [4.69, 9.17) is 0 Å². The summed E-state index contributed by atoms with van der Waals surface area (Å²) in [7, 11) is 0. The molecule has 18 heavy (non-hydrogen) atoms. The zero-order valence-electron chi connectivity index (χ0n) is 10.9. The molecular weight excluding hydrogens is 236 g/mol. The summed E-state index contributed by atoms with van der Waals surface area (Å²) in [6.07, 6.45) is 4.45. The lowest BCUT2D eigenvalue weighted by atomic mass is 9.82. The lowest BCUT2D eigenvalue weighted by Crippen LogP contribution is -2.32. The van der Waals surface area contributed by atoms with E-state index in [-0.39, 0.29) is 24.5 Å². The molecule has 0 spiro atoms.